The van der Waals surface area contributed by atoms with Gasteiger partial charge in [0.1, 0.15) is 0 Å². The SMILES string of the molecule is CN=C(NCCOCCC(C)C)NC1CCN(C(C)C)CC1. The van der Waals surface area contributed by atoms with E-state index in [0.717, 1.165) is 32.1 Å². The lowest BCUT2D eigenvalue weighted by Crippen LogP contribution is -2.50. The highest BCUT2D eigenvalue weighted by Gasteiger charge is 2.21. The molecule has 1 aliphatic heterocycles. The first kappa shape index (κ1) is 19.2. The molecule has 0 bridgehead atoms. The average Bonchev–Trinajstić information content (AvgIpc) is 2.49. The monoisotopic (exact) mass is 312 g/mol. The maximum absolute atomic E-state index is 5.62. The normalized spacial score (nSPS) is 18.2. The van der Waals surface area contributed by atoms with E-state index in [-0.39, 0.29) is 0 Å². The maximum Gasteiger partial charge on any atom is 0.191 e. The Balaban J connectivity index is 2.13. The molecule has 1 heterocycles. The van der Waals surface area contributed by atoms with Gasteiger partial charge in [0, 0.05) is 45.4 Å². The van der Waals surface area contributed by atoms with Crippen LogP contribution in [0.3, 0.4) is 0 Å². The number of piperidine rings is 1. The molecule has 0 aromatic heterocycles. The topological polar surface area (TPSA) is 48.9 Å². The number of guanidine groups is 1. The predicted molar refractivity (Wildman–Crippen MR) is 94.5 cm³/mol. The Morgan fingerprint density at radius 3 is 2.41 bits per heavy atom. The third-order valence-electron chi connectivity index (χ3n) is 4.20. The number of ether oxygens (including phenoxy) is 1. The van der Waals surface area contributed by atoms with E-state index >= 15 is 0 Å². The van der Waals surface area contributed by atoms with E-state index in [1.54, 1.807) is 0 Å². The second-order valence-corrected chi connectivity index (χ2v) is 6.84. The van der Waals surface area contributed by atoms with E-state index in [0.29, 0.717) is 18.0 Å². The number of nitrogens with one attached hydrogen (secondary N) is 2. The number of rotatable bonds is 8. The average molecular weight is 313 g/mol. The number of likely N-dealkylation sites (tertiary alicyclic amines) is 1. The van der Waals surface area contributed by atoms with Crippen LogP contribution in [0, 0.1) is 5.92 Å². The van der Waals surface area contributed by atoms with Gasteiger partial charge in [0.25, 0.3) is 0 Å². The molecule has 0 aromatic rings. The zero-order valence-corrected chi connectivity index (χ0v) is 15.2. The van der Waals surface area contributed by atoms with Crippen LogP contribution in [0.15, 0.2) is 4.99 Å². The third kappa shape index (κ3) is 7.99. The maximum atomic E-state index is 5.62. The number of nitrogens with zero attached hydrogens (tertiary/aromatic N) is 2. The highest BCUT2D eigenvalue weighted by atomic mass is 16.5. The largest absolute Gasteiger partial charge is 0.380 e. The first-order chi connectivity index (χ1) is 10.5. The molecule has 1 saturated heterocycles. The minimum Gasteiger partial charge on any atom is -0.380 e. The highest BCUT2D eigenvalue weighted by molar-refractivity contribution is 5.79. The molecule has 0 aliphatic carbocycles. The van der Waals surface area contributed by atoms with Crippen molar-refractivity contribution in [2.75, 3.05) is 39.9 Å². The molecule has 0 aromatic carbocycles. The Kier molecular flexibility index (Phi) is 9.48. The molecule has 0 unspecified atom stereocenters. The van der Waals surface area contributed by atoms with Crippen molar-refractivity contribution in [3.05, 3.63) is 0 Å². The lowest BCUT2D eigenvalue weighted by molar-refractivity contribution is 0.127. The summed E-state index contributed by atoms with van der Waals surface area (Å²) in [7, 11) is 1.83. The summed E-state index contributed by atoms with van der Waals surface area (Å²) in [5, 5.41) is 6.87. The van der Waals surface area contributed by atoms with Crippen molar-refractivity contribution in [1.29, 1.82) is 0 Å². The van der Waals surface area contributed by atoms with Crippen molar-refractivity contribution in [1.82, 2.24) is 15.5 Å². The molecule has 2 N–H and O–H groups in total. The Bertz CT molecular complexity index is 310. The van der Waals surface area contributed by atoms with Crippen LogP contribution in [-0.4, -0.2) is 62.8 Å². The summed E-state index contributed by atoms with van der Waals surface area (Å²) in [5.74, 6) is 1.61. The van der Waals surface area contributed by atoms with Crippen molar-refractivity contribution in [2.45, 2.75) is 59.0 Å². The number of hydrogen-bond acceptors (Lipinski definition) is 3. The molecule has 1 fully saturated rings. The van der Waals surface area contributed by atoms with Gasteiger partial charge in [0.2, 0.25) is 0 Å². The Hall–Kier alpha value is -0.810. The van der Waals surface area contributed by atoms with Crippen LogP contribution < -0.4 is 10.6 Å². The van der Waals surface area contributed by atoms with Crippen LogP contribution in [0.25, 0.3) is 0 Å². The van der Waals surface area contributed by atoms with Gasteiger partial charge in [-0.3, -0.25) is 4.99 Å². The highest BCUT2D eigenvalue weighted by Crippen LogP contribution is 2.12. The molecule has 0 radical (unpaired) electrons. The Morgan fingerprint density at radius 1 is 1.18 bits per heavy atom. The summed E-state index contributed by atoms with van der Waals surface area (Å²) in [5.41, 5.74) is 0. The van der Waals surface area contributed by atoms with E-state index in [1.807, 2.05) is 7.05 Å². The lowest BCUT2D eigenvalue weighted by Gasteiger charge is -2.35. The van der Waals surface area contributed by atoms with Gasteiger partial charge in [-0.2, -0.15) is 0 Å². The first-order valence-electron chi connectivity index (χ1n) is 8.82. The molecule has 0 saturated carbocycles. The fraction of sp³-hybridized carbons (Fsp3) is 0.941. The van der Waals surface area contributed by atoms with Gasteiger partial charge in [-0.05, 0) is 39.0 Å². The minimum absolute atomic E-state index is 0.531. The second-order valence-electron chi connectivity index (χ2n) is 6.84. The van der Waals surface area contributed by atoms with Gasteiger partial charge in [-0.25, -0.2) is 0 Å². The molecular weight excluding hydrogens is 276 g/mol. The van der Waals surface area contributed by atoms with E-state index in [9.17, 15) is 0 Å². The molecular formula is C17H36N4O. The fourth-order valence-corrected chi connectivity index (χ4v) is 2.61. The van der Waals surface area contributed by atoms with E-state index < -0.39 is 0 Å². The summed E-state index contributed by atoms with van der Waals surface area (Å²) in [6.07, 6.45) is 3.49. The smallest absolute Gasteiger partial charge is 0.191 e. The fourth-order valence-electron chi connectivity index (χ4n) is 2.61. The number of hydrogen-bond donors (Lipinski definition) is 2. The zero-order chi connectivity index (χ0) is 16.4. The zero-order valence-electron chi connectivity index (χ0n) is 15.2. The van der Waals surface area contributed by atoms with Gasteiger partial charge in [0.15, 0.2) is 5.96 Å². The van der Waals surface area contributed by atoms with Crippen LogP contribution >= 0.6 is 0 Å². The van der Waals surface area contributed by atoms with Crippen molar-refractivity contribution < 1.29 is 4.74 Å². The molecule has 22 heavy (non-hydrogen) atoms. The van der Waals surface area contributed by atoms with Crippen molar-refractivity contribution in [2.24, 2.45) is 10.9 Å². The molecule has 5 nitrogen and oxygen atoms in total. The Morgan fingerprint density at radius 2 is 1.86 bits per heavy atom. The molecule has 130 valence electrons. The predicted octanol–water partition coefficient (Wildman–Crippen LogP) is 2.09. The van der Waals surface area contributed by atoms with Gasteiger partial charge < -0.3 is 20.3 Å². The molecule has 1 aliphatic rings. The van der Waals surface area contributed by atoms with Crippen LogP contribution in [0.2, 0.25) is 0 Å². The summed E-state index contributed by atoms with van der Waals surface area (Å²) < 4.78 is 5.62. The van der Waals surface area contributed by atoms with Crippen LogP contribution in [-0.2, 0) is 4.74 Å². The van der Waals surface area contributed by atoms with Crippen LogP contribution in [0.4, 0.5) is 0 Å². The first-order valence-corrected chi connectivity index (χ1v) is 8.82. The quantitative estimate of drug-likeness (QED) is 0.409. The van der Waals surface area contributed by atoms with Crippen molar-refractivity contribution in [3.63, 3.8) is 0 Å². The molecule has 1 rings (SSSR count). The number of aliphatic imine (C=N–C) groups is 1. The summed E-state index contributed by atoms with van der Waals surface area (Å²) in [4.78, 5) is 6.85. The van der Waals surface area contributed by atoms with E-state index in [2.05, 4.69) is 48.2 Å². The van der Waals surface area contributed by atoms with Gasteiger partial charge >= 0.3 is 0 Å². The second kappa shape index (κ2) is 10.8. The van der Waals surface area contributed by atoms with Crippen molar-refractivity contribution in [3.8, 4) is 0 Å². The molecule has 5 heteroatoms. The summed E-state index contributed by atoms with van der Waals surface area (Å²) >= 11 is 0. The van der Waals surface area contributed by atoms with E-state index in [1.165, 1.54) is 25.9 Å². The van der Waals surface area contributed by atoms with Crippen LogP contribution in [0.1, 0.15) is 47.0 Å². The van der Waals surface area contributed by atoms with Gasteiger partial charge in [-0.1, -0.05) is 13.8 Å². The van der Waals surface area contributed by atoms with E-state index in [4.69, 9.17) is 4.74 Å². The molecule has 0 spiro atoms. The van der Waals surface area contributed by atoms with Crippen molar-refractivity contribution >= 4 is 5.96 Å². The summed E-state index contributed by atoms with van der Waals surface area (Å²) in [6, 6.07) is 1.18. The third-order valence-corrected chi connectivity index (χ3v) is 4.20. The summed E-state index contributed by atoms with van der Waals surface area (Å²) in [6.45, 7) is 13.7. The molecule has 0 amide bonds. The van der Waals surface area contributed by atoms with Gasteiger partial charge in [-0.15, -0.1) is 0 Å². The standard InChI is InChI=1S/C17H36N4O/c1-14(2)8-12-22-13-9-19-17(18-5)20-16-6-10-21(11-7-16)15(3)4/h14-16H,6-13H2,1-5H3,(H2,18,19,20). The minimum atomic E-state index is 0.531. The molecule has 0 atom stereocenters. The lowest BCUT2D eigenvalue weighted by atomic mass is 10.0. The van der Waals surface area contributed by atoms with Gasteiger partial charge in [0.05, 0.1) is 6.61 Å². The Labute approximate surface area is 136 Å². The van der Waals surface area contributed by atoms with Crippen LogP contribution in [0.5, 0.6) is 0 Å².